The fourth-order valence-corrected chi connectivity index (χ4v) is 7.12. The fraction of sp³-hybridized carbons (Fsp3) is 1.00. The van der Waals surface area contributed by atoms with Gasteiger partial charge in [0.25, 0.3) is 0 Å². The zero-order valence-electron chi connectivity index (χ0n) is 24.9. The van der Waals surface area contributed by atoms with E-state index in [2.05, 4.69) is 37.9 Å². The molecule has 0 aromatic carbocycles. The number of unbranched alkanes of at least 4 members (excludes halogenated alkanes) is 7. The van der Waals surface area contributed by atoms with E-state index in [9.17, 15) is 0 Å². The summed E-state index contributed by atoms with van der Waals surface area (Å²) in [5, 5.41) is 3.99. The molecule has 0 bridgehead atoms. The molecular weight excluding hydrogens is 424 g/mol. The van der Waals surface area contributed by atoms with Crippen LogP contribution in [0, 0.1) is 17.3 Å². The lowest BCUT2D eigenvalue weighted by Gasteiger charge is -2.52. The van der Waals surface area contributed by atoms with Gasteiger partial charge in [0.15, 0.2) is 0 Å². The first kappa shape index (κ1) is 31.1. The molecule has 208 valence electrons. The van der Waals surface area contributed by atoms with E-state index in [1.54, 1.807) is 0 Å². The minimum Gasteiger partial charge on any atom is -0.314 e. The summed E-state index contributed by atoms with van der Waals surface area (Å²) in [6, 6.07) is 0.786. The Morgan fingerprint density at radius 2 is 1.23 bits per heavy atom. The van der Waals surface area contributed by atoms with Gasteiger partial charge in [-0.2, -0.15) is 0 Å². The number of nitrogens with one attached hydrogen (secondary N) is 1. The molecule has 1 saturated carbocycles. The third-order valence-electron chi connectivity index (χ3n) is 9.69. The lowest BCUT2D eigenvalue weighted by molar-refractivity contribution is -0.0172. The van der Waals surface area contributed by atoms with Gasteiger partial charge in [-0.3, -0.25) is 0 Å². The van der Waals surface area contributed by atoms with Gasteiger partial charge in [-0.25, -0.2) is 0 Å². The molecule has 1 saturated heterocycles. The Kier molecular flexibility index (Phi) is 17.0. The third-order valence-corrected chi connectivity index (χ3v) is 9.69. The van der Waals surface area contributed by atoms with Crippen molar-refractivity contribution in [3.63, 3.8) is 0 Å². The molecule has 0 radical (unpaired) electrons. The number of piperidine rings is 1. The van der Waals surface area contributed by atoms with E-state index in [4.69, 9.17) is 0 Å². The summed E-state index contributed by atoms with van der Waals surface area (Å²) in [5.41, 5.74) is 0.742. The highest BCUT2D eigenvalue weighted by atomic mass is 15.1. The van der Waals surface area contributed by atoms with Crippen molar-refractivity contribution < 1.29 is 0 Å². The third kappa shape index (κ3) is 12.8. The molecule has 1 spiro atoms. The van der Waals surface area contributed by atoms with E-state index >= 15 is 0 Å². The van der Waals surface area contributed by atoms with Crippen molar-refractivity contribution in [1.29, 1.82) is 0 Å². The first-order chi connectivity index (χ1) is 17.1. The minimum absolute atomic E-state index is 0.742. The van der Waals surface area contributed by atoms with Crippen LogP contribution in [-0.2, 0) is 0 Å². The van der Waals surface area contributed by atoms with Crippen LogP contribution < -0.4 is 5.32 Å². The zero-order chi connectivity index (χ0) is 25.2. The highest BCUT2D eigenvalue weighted by Crippen LogP contribution is 2.53. The largest absolute Gasteiger partial charge is 0.314 e. The summed E-state index contributed by atoms with van der Waals surface area (Å²) in [4.78, 5) is 2.83. The highest BCUT2D eigenvalue weighted by Gasteiger charge is 2.45. The predicted molar refractivity (Wildman–Crippen MR) is 157 cm³/mol. The summed E-state index contributed by atoms with van der Waals surface area (Å²) in [5.74, 6) is 2.00. The van der Waals surface area contributed by atoms with Crippen LogP contribution in [0.25, 0.3) is 0 Å². The van der Waals surface area contributed by atoms with Gasteiger partial charge in [0, 0.05) is 6.04 Å². The molecule has 1 atom stereocenters. The van der Waals surface area contributed by atoms with Crippen LogP contribution in [0.15, 0.2) is 0 Å². The second-order valence-corrected chi connectivity index (χ2v) is 12.8. The molecule has 1 aliphatic carbocycles. The standard InChI is InChI=1S/C33H66N2/c1-5-9-13-17-30(16-12-8-4)21-25-35-26-22-33(23-27-35)28-31(29-33)20-24-34-32(18-14-10-6-2)19-15-11-7-3/h30-32,34H,5-29H2,1-4H3. The van der Waals surface area contributed by atoms with E-state index < -0.39 is 0 Å². The summed E-state index contributed by atoms with van der Waals surface area (Å²) < 4.78 is 0. The second kappa shape index (κ2) is 19.1. The SMILES string of the molecule is CCCCCC(CCCC)CCN1CCC2(CC1)CC(CCNC(CCCCC)CCCCC)C2. The molecule has 35 heavy (non-hydrogen) atoms. The molecule has 0 aromatic rings. The van der Waals surface area contributed by atoms with Crippen LogP contribution in [0.2, 0.25) is 0 Å². The first-order valence-electron chi connectivity index (χ1n) is 16.6. The van der Waals surface area contributed by atoms with E-state index in [0.717, 1.165) is 23.3 Å². The Bertz CT molecular complexity index is 463. The summed E-state index contributed by atoms with van der Waals surface area (Å²) in [7, 11) is 0. The molecule has 2 fully saturated rings. The fourth-order valence-electron chi connectivity index (χ4n) is 7.12. The molecule has 1 heterocycles. The van der Waals surface area contributed by atoms with Crippen LogP contribution in [-0.4, -0.2) is 37.1 Å². The van der Waals surface area contributed by atoms with Crippen molar-refractivity contribution in [1.82, 2.24) is 10.2 Å². The van der Waals surface area contributed by atoms with Gasteiger partial charge in [-0.15, -0.1) is 0 Å². The molecule has 0 amide bonds. The minimum atomic E-state index is 0.742. The Balaban J connectivity index is 1.59. The van der Waals surface area contributed by atoms with Gasteiger partial charge in [0.1, 0.15) is 0 Å². The maximum atomic E-state index is 3.99. The van der Waals surface area contributed by atoms with Gasteiger partial charge in [0.05, 0.1) is 0 Å². The number of nitrogens with zero attached hydrogens (tertiary/aromatic N) is 1. The molecule has 0 aromatic heterocycles. The van der Waals surface area contributed by atoms with Crippen LogP contribution in [0.3, 0.4) is 0 Å². The van der Waals surface area contributed by atoms with Crippen LogP contribution >= 0.6 is 0 Å². The Hall–Kier alpha value is -0.0800. The molecule has 2 aliphatic rings. The Morgan fingerprint density at radius 1 is 0.686 bits per heavy atom. The molecule has 2 heteroatoms. The lowest BCUT2D eigenvalue weighted by atomic mass is 9.57. The predicted octanol–water partition coefficient (Wildman–Crippen LogP) is 9.76. The van der Waals surface area contributed by atoms with Crippen molar-refractivity contribution in [2.24, 2.45) is 17.3 Å². The number of hydrogen-bond donors (Lipinski definition) is 1. The summed E-state index contributed by atoms with van der Waals surface area (Å²) in [6.45, 7) is 14.8. The maximum absolute atomic E-state index is 3.99. The van der Waals surface area contributed by atoms with Crippen LogP contribution in [0.1, 0.15) is 163 Å². The monoisotopic (exact) mass is 491 g/mol. The van der Waals surface area contributed by atoms with Gasteiger partial charge in [-0.05, 0) is 94.8 Å². The first-order valence-corrected chi connectivity index (χ1v) is 16.6. The van der Waals surface area contributed by atoms with Crippen molar-refractivity contribution in [2.45, 2.75) is 169 Å². The average molecular weight is 491 g/mol. The number of likely N-dealkylation sites (tertiary alicyclic amines) is 1. The summed E-state index contributed by atoms with van der Waals surface area (Å²) >= 11 is 0. The molecular formula is C33H66N2. The average Bonchev–Trinajstić information content (AvgIpc) is 2.85. The van der Waals surface area contributed by atoms with E-state index in [0.29, 0.717) is 0 Å². The molecule has 1 unspecified atom stereocenters. The molecule has 1 aliphatic heterocycles. The lowest BCUT2D eigenvalue weighted by Crippen LogP contribution is -2.48. The topological polar surface area (TPSA) is 15.3 Å². The van der Waals surface area contributed by atoms with Gasteiger partial charge in [0.2, 0.25) is 0 Å². The maximum Gasteiger partial charge on any atom is 0.00670 e. The van der Waals surface area contributed by atoms with Gasteiger partial charge < -0.3 is 10.2 Å². The molecule has 2 nitrogen and oxygen atoms in total. The van der Waals surface area contributed by atoms with E-state index in [1.807, 2.05) is 0 Å². The zero-order valence-corrected chi connectivity index (χ0v) is 24.9. The summed E-state index contributed by atoms with van der Waals surface area (Å²) in [6.07, 6.45) is 30.1. The number of hydrogen-bond acceptors (Lipinski definition) is 2. The van der Waals surface area contributed by atoms with Crippen molar-refractivity contribution in [3.05, 3.63) is 0 Å². The van der Waals surface area contributed by atoms with Crippen LogP contribution in [0.4, 0.5) is 0 Å². The Labute approximate surface area is 222 Å². The van der Waals surface area contributed by atoms with Gasteiger partial charge in [-0.1, -0.05) is 111 Å². The normalized spacial score (nSPS) is 19.5. The Morgan fingerprint density at radius 3 is 1.80 bits per heavy atom. The molecule has 2 rings (SSSR count). The quantitative estimate of drug-likeness (QED) is 0.152. The van der Waals surface area contributed by atoms with Crippen molar-refractivity contribution >= 4 is 0 Å². The van der Waals surface area contributed by atoms with Crippen molar-refractivity contribution in [3.8, 4) is 0 Å². The molecule has 1 N–H and O–H groups in total. The van der Waals surface area contributed by atoms with E-state index in [1.165, 1.54) is 161 Å². The van der Waals surface area contributed by atoms with Gasteiger partial charge >= 0.3 is 0 Å². The smallest absolute Gasteiger partial charge is 0.00670 e. The number of rotatable bonds is 22. The second-order valence-electron chi connectivity index (χ2n) is 12.8. The van der Waals surface area contributed by atoms with Crippen molar-refractivity contribution in [2.75, 3.05) is 26.2 Å². The van der Waals surface area contributed by atoms with Crippen LogP contribution in [0.5, 0.6) is 0 Å². The highest BCUT2D eigenvalue weighted by molar-refractivity contribution is 4.97. The van der Waals surface area contributed by atoms with E-state index in [-0.39, 0.29) is 0 Å².